The molecule has 1 aromatic carbocycles. The molecular formula is C9H11BrFN. The van der Waals surface area contributed by atoms with Gasteiger partial charge in [-0.25, -0.2) is 4.39 Å². The van der Waals surface area contributed by atoms with Crippen LogP contribution in [0.2, 0.25) is 0 Å². The Morgan fingerprint density at radius 1 is 1.58 bits per heavy atom. The minimum Gasteiger partial charge on any atom is -0.322 e. The molecule has 1 atom stereocenters. The van der Waals surface area contributed by atoms with Gasteiger partial charge in [-0.3, -0.25) is 0 Å². The van der Waals surface area contributed by atoms with Gasteiger partial charge in [0.15, 0.2) is 0 Å². The number of halogens is 2. The van der Waals surface area contributed by atoms with Crippen LogP contribution in [0.5, 0.6) is 0 Å². The quantitative estimate of drug-likeness (QED) is 0.833. The van der Waals surface area contributed by atoms with E-state index in [0.717, 1.165) is 15.6 Å². The van der Waals surface area contributed by atoms with Crippen molar-refractivity contribution in [2.75, 3.05) is 6.67 Å². The van der Waals surface area contributed by atoms with Gasteiger partial charge in [0.2, 0.25) is 0 Å². The number of hydrogen-bond donors (Lipinski definition) is 1. The second kappa shape index (κ2) is 4.01. The van der Waals surface area contributed by atoms with Crippen LogP contribution in [0, 0.1) is 6.92 Å². The third kappa shape index (κ3) is 2.05. The normalized spacial score (nSPS) is 13.0. The van der Waals surface area contributed by atoms with Gasteiger partial charge in [0, 0.05) is 4.47 Å². The highest BCUT2D eigenvalue weighted by molar-refractivity contribution is 9.10. The zero-order chi connectivity index (χ0) is 9.14. The first-order valence-electron chi connectivity index (χ1n) is 3.72. The molecule has 1 nitrogen and oxygen atoms in total. The van der Waals surface area contributed by atoms with Crippen LogP contribution < -0.4 is 5.73 Å². The van der Waals surface area contributed by atoms with Crippen molar-refractivity contribution in [2.24, 2.45) is 5.73 Å². The molecule has 0 amide bonds. The third-order valence-electron chi connectivity index (χ3n) is 1.80. The molecule has 0 aliphatic rings. The summed E-state index contributed by atoms with van der Waals surface area (Å²) in [4.78, 5) is 0. The molecule has 0 saturated carbocycles. The van der Waals surface area contributed by atoms with E-state index in [-0.39, 0.29) is 0 Å². The van der Waals surface area contributed by atoms with Gasteiger partial charge in [-0.2, -0.15) is 0 Å². The zero-order valence-electron chi connectivity index (χ0n) is 6.85. The van der Waals surface area contributed by atoms with Crippen molar-refractivity contribution in [1.29, 1.82) is 0 Å². The maximum absolute atomic E-state index is 12.2. The molecule has 0 aliphatic heterocycles. The van der Waals surface area contributed by atoms with Crippen molar-refractivity contribution in [3.63, 3.8) is 0 Å². The molecule has 12 heavy (non-hydrogen) atoms. The van der Waals surface area contributed by atoms with Crippen LogP contribution in [0.15, 0.2) is 22.7 Å². The van der Waals surface area contributed by atoms with Gasteiger partial charge in [0.05, 0.1) is 6.04 Å². The van der Waals surface area contributed by atoms with Crippen molar-refractivity contribution in [3.8, 4) is 0 Å². The summed E-state index contributed by atoms with van der Waals surface area (Å²) in [7, 11) is 0. The number of hydrogen-bond acceptors (Lipinski definition) is 1. The largest absolute Gasteiger partial charge is 0.322 e. The van der Waals surface area contributed by atoms with Crippen LogP contribution in [-0.4, -0.2) is 6.67 Å². The Morgan fingerprint density at radius 2 is 2.25 bits per heavy atom. The molecule has 0 spiro atoms. The van der Waals surface area contributed by atoms with Gasteiger partial charge in [-0.15, -0.1) is 0 Å². The van der Waals surface area contributed by atoms with Gasteiger partial charge >= 0.3 is 0 Å². The smallest absolute Gasteiger partial charge is 0.109 e. The van der Waals surface area contributed by atoms with Crippen LogP contribution >= 0.6 is 15.9 Å². The molecule has 1 aromatic rings. The number of benzene rings is 1. The highest BCUT2D eigenvalue weighted by Gasteiger charge is 2.07. The molecule has 0 saturated heterocycles. The second-order valence-electron chi connectivity index (χ2n) is 2.76. The SMILES string of the molecule is Cc1cc(Br)ccc1[C@H](N)CF. The molecule has 0 fully saturated rings. The standard InChI is InChI=1S/C9H11BrFN/c1-6-4-7(10)2-3-8(6)9(12)5-11/h2-4,9H,5,12H2,1H3/t9-/m1/s1. The predicted octanol–water partition coefficient (Wildman–Crippen LogP) is 2.73. The monoisotopic (exact) mass is 231 g/mol. The Hall–Kier alpha value is -0.410. The van der Waals surface area contributed by atoms with Crippen molar-refractivity contribution in [3.05, 3.63) is 33.8 Å². The minimum atomic E-state index is -0.511. The number of nitrogens with two attached hydrogens (primary N) is 1. The van der Waals surface area contributed by atoms with E-state index in [1.54, 1.807) is 0 Å². The Morgan fingerprint density at radius 3 is 2.75 bits per heavy atom. The van der Waals surface area contributed by atoms with Gasteiger partial charge < -0.3 is 5.73 Å². The first kappa shape index (κ1) is 9.68. The summed E-state index contributed by atoms with van der Waals surface area (Å²) >= 11 is 3.33. The van der Waals surface area contributed by atoms with Gasteiger partial charge in [0.1, 0.15) is 6.67 Å². The summed E-state index contributed by atoms with van der Waals surface area (Å²) in [6, 6.07) is 5.17. The van der Waals surface area contributed by atoms with E-state index < -0.39 is 12.7 Å². The summed E-state index contributed by atoms with van der Waals surface area (Å²) < 4.78 is 13.2. The lowest BCUT2D eigenvalue weighted by Crippen LogP contribution is -2.13. The summed E-state index contributed by atoms with van der Waals surface area (Å²) in [5.41, 5.74) is 7.45. The Kier molecular flexibility index (Phi) is 3.23. The Bertz CT molecular complexity index is 275. The molecule has 0 bridgehead atoms. The summed E-state index contributed by atoms with van der Waals surface area (Å²) in [5, 5.41) is 0. The van der Waals surface area contributed by atoms with Gasteiger partial charge in [0.25, 0.3) is 0 Å². The summed E-state index contributed by atoms with van der Waals surface area (Å²) in [5.74, 6) is 0. The Labute approximate surface area is 79.9 Å². The fourth-order valence-electron chi connectivity index (χ4n) is 1.14. The van der Waals surface area contributed by atoms with Crippen LogP contribution in [0.3, 0.4) is 0 Å². The van der Waals surface area contributed by atoms with E-state index in [2.05, 4.69) is 15.9 Å². The first-order chi connectivity index (χ1) is 5.65. The van der Waals surface area contributed by atoms with E-state index in [4.69, 9.17) is 5.73 Å². The van der Waals surface area contributed by atoms with Crippen molar-refractivity contribution in [1.82, 2.24) is 0 Å². The lowest BCUT2D eigenvalue weighted by atomic mass is 10.0. The first-order valence-corrected chi connectivity index (χ1v) is 4.52. The number of rotatable bonds is 2. The summed E-state index contributed by atoms with van der Waals surface area (Å²) in [6.07, 6.45) is 0. The van der Waals surface area contributed by atoms with E-state index in [0.29, 0.717) is 0 Å². The van der Waals surface area contributed by atoms with Gasteiger partial charge in [-0.1, -0.05) is 22.0 Å². The van der Waals surface area contributed by atoms with Crippen LogP contribution in [0.25, 0.3) is 0 Å². The second-order valence-corrected chi connectivity index (χ2v) is 3.68. The van der Waals surface area contributed by atoms with Gasteiger partial charge in [-0.05, 0) is 30.2 Å². The molecule has 1 rings (SSSR count). The molecule has 0 heterocycles. The number of aryl methyl sites for hydroxylation is 1. The molecule has 0 aromatic heterocycles. The fourth-order valence-corrected chi connectivity index (χ4v) is 1.61. The zero-order valence-corrected chi connectivity index (χ0v) is 8.44. The van der Waals surface area contributed by atoms with Crippen molar-refractivity contribution < 1.29 is 4.39 Å². The average molecular weight is 232 g/mol. The molecule has 66 valence electrons. The molecule has 0 aliphatic carbocycles. The van der Waals surface area contributed by atoms with Crippen LogP contribution in [0.4, 0.5) is 4.39 Å². The highest BCUT2D eigenvalue weighted by Crippen LogP contribution is 2.20. The molecule has 0 radical (unpaired) electrons. The van der Waals surface area contributed by atoms with E-state index in [1.165, 1.54) is 0 Å². The Balaban J connectivity index is 3.01. The van der Waals surface area contributed by atoms with E-state index in [9.17, 15) is 4.39 Å². The lowest BCUT2D eigenvalue weighted by Gasteiger charge is -2.10. The summed E-state index contributed by atoms with van der Waals surface area (Å²) in [6.45, 7) is 1.41. The molecule has 0 unspecified atom stereocenters. The number of alkyl halides is 1. The lowest BCUT2D eigenvalue weighted by molar-refractivity contribution is 0.436. The van der Waals surface area contributed by atoms with E-state index in [1.807, 2.05) is 25.1 Å². The molecule has 3 heteroatoms. The molecular weight excluding hydrogens is 221 g/mol. The van der Waals surface area contributed by atoms with Crippen molar-refractivity contribution >= 4 is 15.9 Å². The topological polar surface area (TPSA) is 26.0 Å². The third-order valence-corrected chi connectivity index (χ3v) is 2.29. The maximum atomic E-state index is 12.2. The highest BCUT2D eigenvalue weighted by atomic mass is 79.9. The van der Waals surface area contributed by atoms with Crippen LogP contribution in [0.1, 0.15) is 17.2 Å². The predicted molar refractivity (Wildman–Crippen MR) is 51.8 cm³/mol. The minimum absolute atomic E-state index is 0.488. The maximum Gasteiger partial charge on any atom is 0.109 e. The molecule has 2 N–H and O–H groups in total. The van der Waals surface area contributed by atoms with E-state index >= 15 is 0 Å². The van der Waals surface area contributed by atoms with Crippen LogP contribution in [-0.2, 0) is 0 Å². The van der Waals surface area contributed by atoms with Crippen molar-refractivity contribution in [2.45, 2.75) is 13.0 Å². The fraction of sp³-hybridized carbons (Fsp3) is 0.333. The average Bonchev–Trinajstić information content (AvgIpc) is 2.03.